The summed E-state index contributed by atoms with van der Waals surface area (Å²) in [6, 6.07) is 3.50. The van der Waals surface area contributed by atoms with E-state index in [4.69, 9.17) is 0 Å². The number of anilines is 1. The molecule has 0 aliphatic heterocycles. The second kappa shape index (κ2) is 6.43. The molecule has 2 aromatic rings. The zero-order chi connectivity index (χ0) is 17.3. The summed E-state index contributed by atoms with van der Waals surface area (Å²) < 4.78 is 28.2. The van der Waals surface area contributed by atoms with Gasteiger partial charge >= 0.3 is 0 Å². The van der Waals surface area contributed by atoms with E-state index >= 15 is 0 Å². The first-order valence-corrected chi connectivity index (χ1v) is 8.03. The topological polar surface area (TPSA) is 75.9 Å². The van der Waals surface area contributed by atoms with Gasteiger partial charge in [0.05, 0.1) is 18.0 Å². The minimum Gasteiger partial charge on any atom is -0.390 e. The second-order valence-electron chi connectivity index (χ2n) is 6.31. The molecule has 130 valence electrons. The van der Waals surface area contributed by atoms with Gasteiger partial charge in [-0.15, -0.1) is 0 Å². The van der Waals surface area contributed by atoms with E-state index in [0.29, 0.717) is 30.3 Å². The minimum absolute atomic E-state index is 0.0909. The molecule has 1 aliphatic rings. The predicted molar refractivity (Wildman–Crippen MR) is 85.4 cm³/mol. The summed E-state index contributed by atoms with van der Waals surface area (Å²) in [5.41, 5.74) is 2.23. The zero-order valence-electron chi connectivity index (χ0n) is 13.8. The average molecular weight is 337 g/mol. The molecule has 2 aromatic heterocycles. The van der Waals surface area contributed by atoms with Crippen LogP contribution in [0, 0.1) is 13.8 Å². The molecule has 6 nitrogen and oxygen atoms in total. The molecule has 0 bridgehead atoms. The molecule has 0 aromatic carbocycles. The summed E-state index contributed by atoms with van der Waals surface area (Å²) in [4.78, 5) is 8.68. The summed E-state index contributed by atoms with van der Waals surface area (Å²) >= 11 is 0. The van der Waals surface area contributed by atoms with Crippen molar-refractivity contribution in [2.45, 2.75) is 58.1 Å². The smallest absolute Gasteiger partial charge is 0.248 e. The van der Waals surface area contributed by atoms with Crippen molar-refractivity contribution in [2.75, 3.05) is 5.32 Å². The second-order valence-corrected chi connectivity index (χ2v) is 6.31. The molecule has 0 atom stereocenters. The number of halogens is 2. The maximum Gasteiger partial charge on any atom is 0.248 e. The number of aliphatic hydroxyl groups is 1. The van der Waals surface area contributed by atoms with E-state index in [1.165, 1.54) is 0 Å². The van der Waals surface area contributed by atoms with E-state index in [1.54, 1.807) is 10.7 Å². The highest BCUT2D eigenvalue weighted by Gasteiger charge is 2.35. The van der Waals surface area contributed by atoms with Crippen molar-refractivity contribution in [3.8, 4) is 5.82 Å². The molecule has 0 saturated heterocycles. The quantitative estimate of drug-likeness (QED) is 0.897. The number of nitrogens with one attached hydrogen (secondary N) is 1. The molecule has 0 radical (unpaired) electrons. The highest BCUT2D eigenvalue weighted by molar-refractivity contribution is 5.37. The van der Waals surface area contributed by atoms with Crippen LogP contribution in [0.15, 0.2) is 12.1 Å². The fourth-order valence-corrected chi connectivity index (χ4v) is 2.97. The van der Waals surface area contributed by atoms with Gasteiger partial charge in [-0.2, -0.15) is 10.1 Å². The molecule has 0 spiro atoms. The fourth-order valence-electron chi connectivity index (χ4n) is 2.97. The molecule has 3 rings (SSSR count). The van der Waals surface area contributed by atoms with Crippen LogP contribution in [0.3, 0.4) is 0 Å². The van der Waals surface area contributed by atoms with Crippen LogP contribution < -0.4 is 5.32 Å². The van der Waals surface area contributed by atoms with Gasteiger partial charge in [-0.3, -0.25) is 0 Å². The van der Waals surface area contributed by atoms with Gasteiger partial charge < -0.3 is 10.4 Å². The summed E-state index contributed by atoms with van der Waals surface area (Å²) in [6.07, 6.45) is 0.479. The molecule has 1 aliphatic carbocycles. The van der Waals surface area contributed by atoms with Crippen molar-refractivity contribution < 1.29 is 13.9 Å². The van der Waals surface area contributed by atoms with Crippen LogP contribution in [-0.2, 0) is 6.61 Å². The number of hydrogen-bond acceptors (Lipinski definition) is 5. The lowest BCUT2D eigenvalue weighted by Gasteiger charge is -2.28. The Hall–Kier alpha value is -2.09. The van der Waals surface area contributed by atoms with Gasteiger partial charge in [0.25, 0.3) is 0 Å². The van der Waals surface area contributed by atoms with Gasteiger partial charge in [-0.1, -0.05) is 0 Å². The number of aryl methyl sites for hydroxylation is 2. The number of alkyl halides is 2. The largest absolute Gasteiger partial charge is 0.390 e. The first kappa shape index (κ1) is 16.8. The van der Waals surface area contributed by atoms with E-state index in [-0.39, 0.29) is 25.5 Å². The van der Waals surface area contributed by atoms with Crippen LogP contribution in [0.2, 0.25) is 0 Å². The molecule has 24 heavy (non-hydrogen) atoms. The third kappa shape index (κ3) is 3.69. The van der Waals surface area contributed by atoms with Gasteiger partial charge in [0.1, 0.15) is 0 Å². The summed E-state index contributed by atoms with van der Waals surface area (Å²) in [6.45, 7) is 3.57. The number of hydrogen-bond donors (Lipinski definition) is 2. The summed E-state index contributed by atoms with van der Waals surface area (Å²) in [5, 5.41) is 16.9. The molecule has 1 saturated carbocycles. The predicted octanol–water partition coefficient (Wildman–Crippen LogP) is 2.76. The lowest BCUT2D eigenvalue weighted by atomic mass is 9.92. The Morgan fingerprint density at radius 3 is 2.54 bits per heavy atom. The highest BCUT2D eigenvalue weighted by Crippen LogP contribution is 2.34. The van der Waals surface area contributed by atoms with Crippen LogP contribution in [0.25, 0.3) is 5.82 Å². The Balaban J connectivity index is 1.83. The number of rotatable bonds is 4. The summed E-state index contributed by atoms with van der Waals surface area (Å²) in [7, 11) is 0. The number of aliphatic hydroxyl groups excluding tert-OH is 1. The minimum atomic E-state index is -2.57. The molecule has 1 fully saturated rings. The maximum atomic E-state index is 13.3. The van der Waals surface area contributed by atoms with Crippen LogP contribution in [0.1, 0.15) is 42.8 Å². The summed E-state index contributed by atoms with van der Waals surface area (Å²) in [5.74, 6) is -1.69. The normalized spacial score (nSPS) is 17.9. The van der Waals surface area contributed by atoms with Gasteiger partial charge in [0, 0.05) is 30.6 Å². The SMILES string of the molecule is Cc1cc(C)n(-c2cc(CO)nc(NC3CCC(F)(F)CC3)n2)n1. The van der Waals surface area contributed by atoms with E-state index in [2.05, 4.69) is 20.4 Å². The van der Waals surface area contributed by atoms with Crippen molar-refractivity contribution in [3.05, 3.63) is 29.2 Å². The molecular weight excluding hydrogens is 316 g/mol. The Bertz CT molecular complexity index is 721. The first-order chi connectivity index (χ1) is 11.4. The Labute approximate surface area is 138 Å². The van der Waals surface area contributed by atoms with Crippen LogP contribution in [0.5, 0.6) is 0 Å². The molecule has 8 heteroatoms. The van der Waals surface area contributed by atoms with E-state index in [0.717, 1.165) is 11.4 Å². The Kier molecular flexibility index (Phi) is 4.49. The van der Waals surface area contributed by atoms with E-state index < -0.39 is 5.92 Å². The average Bonchev–Trinajstić information content (AvgIpc) is 2.88. The van der Waals surface area contributed by atoms with Crippen molar-refractivity contribution in [1.82, 2.24) is 19.7 Å². The lowest BCUT2D eigenvalue weighted by Crippen LogP contribution is -2.32. The molecule has 2 heterocycles. The Morgan fingerprint density at radius 2 is 1.96 bits per heavy atom. The van der Waals surface area contributed by atoms with Crippen LogP contribution in [0.4, 0.5) is 14.7 Å². The third-order valence-corrected chi connectivity index (χ3v) is 4.20. The van der Waals surface area contributed by atoms with Crippen molar-refractivity contribution in [2.24, 2.45) is 0 Å². The molecule has 0 unspecified atom stereocenters. The Morgan fingerprint density at radius 1 is 1.25 bits per heavy atom. The third-order valence-electron chi connectivity index (χ3n) is 4.20. The molecule has 2 N–H and O–H groups in total. The standard InChI is InChI=1S/C16H21F2N5O/c1-10-7-11(2)23(22-10)14-8-13(9-24)20-15(21-14)19-12-3-5-16(17,18)6-4-12/h7-8,12,24H,3-6,9H2,1-2H3,(H,19,20,21). The molecule has 0 amide bonds. The van der Waals surface area contributed by atoms with Gasteiger partial charge in [-0.25, -0.2) is 18.4 Å². The fraction of sp³-hybridized carbons (Fsp3) is 0.562. The van der Waals surface area contributed by atoms with Crippen LogP contribution >= 0.6 is 0 Å². The first-order valence-electron chi connectivity index (χ1n) is 8.03. The van der Waals surface area contributed by atoms with Crippen molar-refractivity contribution in [3.63, 3.8) is 0 Å². The maximum absolute atomic E-state index is 13.3. The zero-order valence-corrected chi connectivity index (χ0v) is 13.8. The van der Waals surface area contributed by atoms with Crippen molar-refractivity contribution >= 4 is 5.95 Å². The van der Waals surface area contributed by atoms with Gasteiger partial charge in [0.2, 0.25) is 11.9 Å². The van der Waals surface area contributed by atoms with Crippen molar-refractivity contribution in [1.29, 1.82) is 0 Å². The van der Waals surface area contributed by atoms with E-state index in [1.807, 2.05) is 19.9 Å². The highest BCUT2D eigenvalue weighted by atomic mass is 19.3. The van der Waals surface area contributed by atoms with Crippen LogP contribution in [-0.4, -0.2) is 36.8 Å². The monoisotopic (exact) mass is 337 g/mol. The van der Waals surface area contributed by atoms with Gasteiger partial charge in [0.15, 0.2) is 5.82 Å². The number of nitrogens with zero attached hydrogens (tertiary/aromatic N) is 4. The number of aromatic nitrogens is 4. The van der Waals surface area contributed by atoms with E-state index in [9.17, 15) is 13.9 Å². The van der Waals surface area contributed by atoms with Gasteiger partial charge in [-0.05, 0) is 32.8 Å². The molecular formula is C16H21F2N5O. The lowest BCUT2D eigenvalue weighted by molar-refractivity contribution is -0.0361.